The second-order valence-electron chi connectivity index (χ2n) is 5.53. The van der Waals surface area contributed by atoms with Crippen LogP contribution in [0, 0.1) is 0 Å². The quantitative estimate of drug-likeness (QED) is 0.753. The molecular formula is C17H22N4O3S. The summed E-state index contributed by atoms with van der Waals surface area (Å²) < 4.78 is 5.19. The maximum Gasteiger partial charge on any atom is 0.248 e. The van der Waals surface area contributed by atoms with Crippen molar-refractivity contribution in [1.82, 2.24) is 15.5 Å². The largest absolute Gasteiger partial charge is 0.497 e. The van der Waals surface area contributed by atoms with Gasteiger partial charge < -0.3 is 10.1 Å². The lowest BCUT2D eigenvalue weighted by atomic mass is 10.2. The summed E-state index contributed by atoms with van der Waals surface area (Å²) in [6.07, 6.45) is 2.17. The third-order valence-electron chi connectivity index (χ3n) is 3.50. The van der Waals surface area contributed by atoms with Crippen molar-refractivity contribution in [3.8, 4) is 16.3 Å². The van der Waals surface area contributed by atoms with Crippen LogP contribution >= 0.6 is 11.3 Å². The molecule has 0 aliphatic rings. The van der Waals surface area contributed by atoms with Crippen molar-refractivity contribution in [1.29, 1.82) is 0 Å². The number of ether oxygens (including phenoxy) is 1. The van der Waals surface area contributed by atoms with Crippen LogP contribution < -0.4 is 15.4 Å². The third kappa shape index (κ3) is 5.53. The molecule has 2 aromatic rings. The van der Waals surface area contributed by atoms with Gasteiger partial charge in [-0.05, 0) is 25.5 Å². The van der Waals surface area contributed by atoms with E-state index in [1.165, 1.54) is 11.3 Å². The lowest BCUT2D eigenvalue weighted by Crippen LogP contribution is -2.41. The van der Waals surface area contributed by atoms with E-state index in [0.29, 0.717) is 16.6 Å². The predicted molar refractivity (Wildman–Crippen MR) is 97.7 cm³/mol. The third-order valence-corrected chi connectivity index (χ3v) is 4.39. The standard InChI is InChI=1S/C17H22N4O3S/c1-4-5-9-14(22)18-11(2)15(23)19-17-21-20-16(25-17)12-7-6-8-13(10-12)24-3/h6-8,10-11H,4-5,9H2,1-3H3,(H,18,22)(H,19,21,23)/t11-/m1/s1. The van der Waals surface area contributed by atoms with Crippen LogP contribution in [-0.2, 0) is 9.59 Å². The molecule has 7 nitrogen and oxygen atoms in total. The Balaban J connectivity index is 1.95. The van der Waals surface area contributed by atoms with Gasteiger partial charge in [-0.1, -0.05) is 36.8 Å². The summed E-state index contributed by atoms with van der Waals surface area (Å²) >= 11 is 1.26. The number of rotatable bonds is 8. The van der Waals surface area contributed by atoms with E-state index in [0.717, 1.165) is 24.2 Å². The highest BCUT2D eigenvalue weighted by atomic mass is 32.1. The van der Waals surface area contributed by atoms with E-state index >= 15 is 0 Å². The van der Waals surface area contributed by atoms with Crippen molar-refractivity contribution in [3.05, 3.63) is 24.3 Å². The van der Waals surface area contributed by atoms with Crippen molar-refractivity contribution in [3.63, 3.8) is 0 Å². The normalized spacial score (nSPS) is 11.6. The number of amides is 2. The highest BCUT2D eigenvalue weighted by molar-refractivity contribution is 7.18. The van der Waals surface area contributed by atoms with Gasteiger partial charge in [-0.3, -0.25) is 14.9 Å². The van der Waals surface area contributed by atoms with Crippen LogP contribution in [0.3, 0.4) is 0 Å². The summed E-state index contributed by atoms with van der Waals surface area (Å²) in [7, 11) is 1.60. The first-order valence-electron chi connectivity index (χ1n) is 8.11. The first-order chi connectivity index (χ1) is 12.0. The molecule has 1 heterocycles. The predicted octanol–water partition coefficient (Wildman–Crippen LogP) is 2.85. The summed E-state index contributed by atoms with van der Waals surface area (Å²) in [4.78, 5) is 23.9. The van der Waals surface area contributed by atoms with Gasteiger partial charge in [0.25, 0.3) is 0 Å². The monoisotopic (exact) mass is 362 g/mol. The number of methoxy groups -OCH3 is 1. The summed E-state index contributed by atoms with van der Waals surface area (Å²) in [5.74, 6) is 0.277. The van der Waals surface area contributed by atoms with Gasteiger partial charge in [-0.15, -0.1) is 10.2 Å². The average Bonchev–Trinajstić information content (AvgIpc) is 3.08. The Morgan fingerprint density at radius 1 is 1.32 bits per heavy atom. The molecule has 0 radical (unpaired) electrons. The van der Waals surface area contributed by atoms with Crippen molar-refractivity contribution in [2.75, 3.05) is 12.4 Å². The fourth-order valence-corrected chi connectivity index (χ4v) is 2.82. The number of aromatic nitrogens is 2. The van der Waals surface area contributed by atoms with Gasteiger partial charge in [0.1, 0.15) is 16.8 Å². The summed E-state index contributed by atoms with van der Waals surface area (Å²) in [5, 5.41) is 14.5. The van der Waals surface area contributed by atoms with E-state index < -0.39 is 6.04 Å². The molecule has 0 saturated heterocycles. The highest BCUT2D eigenvalue weighted by Gasteiger charge is 2.17. The van der Waals surface area contributed by atoms with Crippen molar-refractivity contribution >= 4 is 28.3 Å². The molecular weight excluding hydrogens is 340 g/mol. The van der Waals surface area contributed by atoms with E-state index in [1.54, 1.807) is 14.0 Å². The van der Waals surface area contributed by atoms with Gasteiger partial charge in [0.05, 0.1) is 7.11 Å². The first-order valence-corrected chi connectivity index (χ1v) is 8.93. The van der Waals surface area contributed by atoms with E-state index in [-0.39, 0.29) is 11.8 Å². The molecule has 0 aliphatic heterocycles. The Morgan fingerprint density at radius 2 is 2.12 bits per heavy atom. The SMILES string of the molecule is CCCCC(=O)N[C@H](C)C(=O)Nc1nnc(-c2cccc(OC)c2)s1. The summed E-state index contributed by atoms with van der Waals surface area (Å²) in [5.41, 5.74) is 0.860. The number of anilines is 1. The zero-order valence-electron chi connectivity index (χ0n) is 14.5. The molecule has 2 N–H and O–H groups in total. The number of hydrogen-bond acceptors (Lipinski definition) is 6. The molecule has 0 fully saturated rings. The highest BCUT2D eigenvalue weighted by Crippen LogP contribution is 2.28. The molecule has 134 valence electrons. The number of nitrogens with one attached hydrogen (secondary N) is 2. The maximum atomic E-state index is 12.2. The molecule has 0 saturated carbocycles. The van der Waals surface area contributed by atoms with Gasteiger partial charge in [0.2, 0.25) is 16.9 Å². The number of unbranched alkanes of at least 4 members (excludes halogenated alkanes) is 1. The number of nitrogens with zero attached hydrogens (tertiary/aromatic N) is 2. The smallest absolute Gasteiger partial charge is 0.248 e. The Labute approximate surface area is 150 Å². The first kappa shape index (κ1) is 18.9. The second kappa shape index (κ2) is 9.12. The zero-order valence-corrected chi connectivity index (χ0v) is 15.4. The van der Waals surface area contributed by atoms with E-state index in [9.17, 15) is 9.59 Å². The molecule has 2 rings (SSSR count). The molecule has 1 aromatic heterocycles. The Hall–Kier alpha value is -2.48. The number of carbonyl (C=O) groups is 2. The van der Waals surface area contributed by atoms with E-state index in [4.69, 9.17) is 4.74 Å². The topological polar surface area (TPSA) is 93.2 Å². The van der Waals surface area contributed by atoms with Gasteiger partial charge in [-0.25, -0.2) is 0 Å². The lowest BCUT2D eigenvalue weighted by Gasteiger charge is -2.12. The number of carbonyl (C=O) groups excluding carboxylic acids is 2. The van der Waals surface area contributed by atoms with E-state index in [2.05, 4.69) is 20.8 Å². The fraction of sp³-hybridized carbons (Fsp3) is 0.412. The minimum atomic E-state index is -0.631. The molecule has 2 amide bonds. The second-order valence-corrected chi connectivity index (χ2v) is 6.50. The molecule has 8 heteroatoms. The summed E-state index contributed by atoms with van der Waals surface area (Å²) in [6, 6.07) is 6.82. The van der Waals surface area contributed by atoms with Crippen LogP contribution in [0.5, 0.6) is 5.75 Å². The van der Waals surface area contributed by atoms with Gasteiger partial charge >= 0.3 is 0 Å². The number of benzene rings is 1. The average molecular weight is 362 g/mol. The molecule has 0 spiro atoms. The van der Waals surface area contributed by atoms with Crippen LogP contribution in [0.15, 0.2) is 24.3 Å². The molecule has 1 atom stereocenters. The van der Waals surface area contributed by atoms with Crippen LogP contribution in [-0.4, -0.2) is 35.2 Å². The van der Waals surface area contributed by atoms with Gasteiger partial charge in [-0.2, -0.15) is 0 Å². The Kier molecular flexibility index (Phi) is 6.88. The minimum absolute atomic E-state index is 0.126. The maximum absolute atomic E-state index is 12.2. The van der Waals surface area contributed by atoms with Crippen molar-refractivity contribution < 1.29 is 14.3 Å². The Morgan fingerprint density at radius 3 is 2.84 bits per heavy atom. The minimum Gasteiger partial charge on any atom is -0.497 e. The Bertz CT molecular complexity index is 732. The van der Waals surface area contributed by atoms with Gasteiger partial charge in [0, 0.05) is 12.0 Å². The summed E-state index contributed by atoms with van der Waals surface area (Å²) in [6.45, 7) is 3.65. The molecule has 1 aromatic carbocycles. The van der Waals surface area contributed by atoms with Crippen molar-refractivity contribution in [2.45, 2.75) is 39.2 Å². The van der Waals surface area contributed by atoms with E-state index in [1.807, 2.05) is 31.2 Å². The molecule has 0 unspecified atom stereocenters. The van der Waals surface area contributed by atoms with Crippen LogP contribution in [0.2, 0.25) is 0 Å². The number of hydrogen-bond donors (Lipinski definition) is 2. The van der Waals surface area contributed by atoms with Crippen LogP contribution in [0.25, 0.3) is 10.6 Å². The lowest BCUT2D eigenvalue weighted by molar-refractivity contribution is -0.126. The van der Waals surface area contributed by atoms with Gasteiger partial charge in [0.15, 0.2) is 0 Å². The molecule has 25 heavy (non-hydrogen) atoms. The van der Waals surface area contributed by atoms with Crippen LogP contribution in [0.1, 0.15) is 33.1 Å². The molecule has 0 bridgehead atoms. The van der Waals surface area contributed by atoms with Crippen LogP contribution in [0.4, 0.5) is 5.13 Å². The molecule has 0 aliphatic carbocycles. The van der Waals surface area contributed by atoms with Crippen molar-refractivity contribution in [2.24, 2.45) is 0 Å². The zero-order chi connectivity index (χ0) is 18.2. The fourth-order valence-electron chi connectivity index (χ4n) is 2.08.